The molecule has 4 heterocycles. The van der Waals surface area contributed by atoms with Gasteiger partial charge in [0.15, 0.2) is 0 Å². The monoisotopic (exact) mass is 723 g/mol. The van der Waals surface area contributed by atoms with E-state index in [1.54, 1.807) is 6.07 Å². The first-order valence-corrected chi connectivity index (χ1v) is 18.9. The van der Waals surface area contributed by atoms with Gasteiger partial charge in [0.05, 0.1) is 23.7 Å². The first-order chi connectivity index (χ1) is 25.2. The zero-order chi connectivity index (χ0) is 38.3. The Labute approximate surface area is 315 Å². The zero-order valence-corrected chi connectivity index (χ0v) is 32.8. The smallest absolute Gasteiger partial charge is 0.318 e. The molecule has 3 aliphatic rings. The summed E-state index contributed by atoms with van der Waals surface area (Å²) in [5.74, 6) is 0.733. The molecule has 3 aliphatic heterocycles. The molecule has 284 valence electrons. The van der Waals surface area contributed by atoms with Crippen molar-refractivity contribution in [2.75, 3.05) is 62.2 Å². The quantitative estimate of drug-likeness (QED) is 0.170. The molecule has 0 radical (unpaired) electrons. The Morgan fingerprint density at radius 2 is 1.70 bits per heavy atom. The Morgan fingerprint density at radius 3 is 2.38 bits per heavy atom. The highest BCUT2D eigenvalue weighted by Gasteiger charge is 2.35. The third-order valence-electron chi connectivity index (χ3n) is 10.4. The van der Waals surface area contributed by atoms with Gasteiger partial charge >= 0.3 is 12.0 Å². The maximum Gasteiger partial charge on any atom is 0.318 e. The molecule has 11 nitrogen and oxygen atoms in total. The van der Waals surface area contributed by atoms with Crippen LogP contribution in [0.15, 0.2) is 49.1 Å². The van der Waals surface area contributed by atoms with Crippen molar-refractivity contribution in [1.29, 1.82) is 5.26 Å². The number of rotatable bonds is 10. The van der Waals surface area contributed by atoms with Crippen molar-refractivity contribution >= 4 is 34.2 Å². The van der Waals surface area contributed by atoms with Crippen LogP contribution >= 0.6 is 0 Å². The van der Waals surface area contributed by atoms with Gasteiger partial charge in [0.2, 0.25) is 5.91 Å². The summed E-state index contributed by atoms with van der Waals surface area (Å²) in [6, 6.07) is 15.4. The average molecular weight is 724 g/mol. The van der Waals surface area contributed by atoms with Crippen molar-refractivity contribution in [1.82, 2.24) is 19.8 Å². The van der Waals surface area contributed by atoms with Gasteiger partial charge in [-0.25, -0.2) is 0 Å². The maximum absolute atomic E-state index is 12.9. The van der Waals surface area contributed by atoms with E-state index < -0.39 is 11.0 Å². The number of nitrogens with zero attached hydrogens (tertiary/aromatic N) is 7. The fraction of sp³-hybridized carbons (Fsp3) is 0.548. The summed E-state index contributed by atoms with van der Waals surface area (Å²) >= 11 is 0. The lowest BCUT2D eigenvalue weighted by atomic mass is 9.89. The lowest BCUT2D eigenvalue weighted by Crippen LogP contribution is -2.49. The predicted octanol–water partition coefficient (Wildman–Crippen LogP) is 6.47. The van der Waals surface area contributed by atoms with Crippen molar-refractivity contribution < 1.29 is 19.1 Å². The van der Waals surface area contributed by atoms with E-state index in [0.717, 1.165) is 50.4 Å². The molecule has 1 unspecified atom stereocenters. The summed E-state index contributed by atoms with van der Waals surface area (Å²) in [7, 11) is 0. The third-order valence-corrected chi connectivity index (χ3v) is 10.4. The molecule has 53 heavy (non-hydrogen) atoms. The standard InChI is InChI=1S/C40H54N6O4.C2H3N/c1-8-34(47)44-22-24-45(25-23-44)36-31-17-20-46(33-16-10-14-29-13-9-12-28(2)35(29)33)26-32(31)41-38(42-36)49-27-30-15-11-19-43(30)21-18-40(6,7)37(48)50-39(3,4)5;1-2-3/h8-10,12-14,16,30H,1,11,15,17-27H2,2-7H3;1H3. The lowest BCUT2D eigenvalue weighted by Gasteiger charge is -2.38. The molecular weight excluding hydrogens is 667 g/mol. The van der Waals surface area contributed by atoms with Crippen LogP contribution in [-0.2, 0) is 27.3 Å². The number of aryl methyl sites for hydroxylation is 1. The summed E-state index contributed by atoms with van der Waals surface area (Å²) in [4.78, 5) is 44.4. The topological polar surface area (TPSA) is 115 Å². The number of fused-ring (bicyclic) bond motifs is 2. The molecule has 1 atom stereocenters. The number of aromatic nitrogens is 2. The summed E-state index contributed by atoms with van der Waals surface area (Å²) in [5, 5.41) is 9.84. The Bertz CT molecular complexity index is 1820. The van der Waals surface area contributed by atoms with Gasteiger partial charge in [0.1, 0.15) is 18.0 Å². The molecule has 0 N–H and O–H groups in total. The number of anilines is 2. The van der Waals surface area contributed by atoms with Crippen molar-refractivity contribution in [2.45, 2.75) is 92.3 Å². The Balaban J connectivity index is 0.00000175. The first-order valence-electron chi connectivity index (χ1n) is 18.9. The van der Waals surface area contributed by atoms with Gasteiger partial charge in [-0.2, -0.15) is 15.2 Å². The van der Waals surface area contributed by atoms with Gasteiger partial charge in [-0.05, 0) is 103 Å². The molecule has 0 bridgehead atoms. The predicted molar refractivity (Wildman–Crippen MR) is 210 cm³/mol. The highest BCUT2D eigenvalue weighted by molar-refractivity contribution is 5.97. The second kappa shape index (κ2) is 17.0. The Kier molecular flexibility index (Phi) is 12.7. The normalized spacial score (nSPS) is 17.8. The van der Waals surface area contributed by atoms with Crippen LogP contribution in [-0.4, -0.2) is 95.7 Å². The number of carbonyl (C=O) groups excluding carboxylic acids is 2. The Hall–Kier alpha value is -4.69. The molecule has 11 heteroatoms. The van der Waals surface area contributed by atoms with Crippen LogP contribution in [0.2, 0.25) is 0 Å². The van der Waals surface area contributed by atoms with E-state index in [1.807, 2.05) is 39.5 Å². The van der Waals surface area contributed by atoms with E-state index in [0.29, 0.717) is 51.8 Å². The second-order valence-corrected chi connectivity index (χ2v) is 15.9. The number of esters is 1. The fourth-order valence-electron chi connectivity index (χ4n) is 7.45. The van der Waals surface area contributed by atoms with Crippen LogP contribution in [0.3, 0.4) is 0 Å². The number of amides is 1. The van der Waals surface area contributed by atoms with E-state index in [-0.39, 0.29) is 17.9 Å². The summed E-state index contributed by atoms with van der Waals surface area (Å²) < 4.78 is 12.2. The van der Waals surface area contributed by atoms with Crippen LogP contribution in [0, 0.1) is 23.7 Å². The van der Waals surface area contributed by atoms with Crippen molar-refractivity contribution in [3.05, 3.63) is 65.9 Å². The molecule has 1 amide bonds. The highest BCUT2D eigenvalue weighted by Crippen LogP contribution is 2.36. The van der Waals surface area contributed by atoms with Crippen molar-refractivity contribution in [3.63, 3.8) is 0 Å². The fourth-order valence-corrected chi connectivity index (χ4v) is 7.45. The van der Waals surface area contributed by atoms with E-state index in [9.17, 15) is 9.59 Å². The van der Waals surface area contributed by atoms with E-state index in [1.165, 1.54) is 40.6 Å². The molecular formula is C42H57N7O4. The van der Waals surface area contributed by atoms with Crippen LogP contribution in [0.5, 0.6) is 6.01 Å². The molecule has 0 aliphatic carbocycles. The lowest BCUT2D eigenvalue weighted by molar-refractivity contribution is -0.166. The largest absolute Gasteiger partial charge is 0.462 e. The van der Waals surface area contributed by atoms with Gasteiger partial charge in [-0.15, -0.1) is 0 Å². The van der Waals surface area contributed by atoms with Gasteiger partial charge < -0.3 is 24.2 Å². The molecule has 2 fully saturated rings. The third kappa shape index (κ3) is 9.65. The van der Waals surface area contributed by atoms with Gasteiger partial charge in [-0.1, -0.05) is 36.9 Å². The van der Waals surface area contributed by atoms with E-state index in [2.05, 4.69) is 64.6 Å². The SMILES string of the molecule is C=CC(=O)N1CCN(c2nc(OCC3CCCN3CCC(C)(C)C(=O)OC(C)(C)C)nc3c2CCN(c2cccc4cccc(C)c24)C3)CC1.CC#N. The molecule has 0 spiro atoms. The minimum atomic E-state index is -0.577. The number of benzene rings is 2. The van der Waals surface area contributed by atoms with E-state index >= 15 is 0 Å². The highest BCUT2D eigenvalue weighted by atomic mass is 16.6. The number of carbonyl (C=O) groups is 2. The van der Waals surface area contributed by atoms with Crippen LogP contribution in [0.1, 0.15) is 77.6 Å². The zero-order valence-electron chi connectivity index (χ0n) is 32.8. The van der Waals surface area contributed by atoms with Crippen LogP contribution in [0.4, 0.5) is 11.5 Å². The number of hydrogen-bond donors (Lipinski definition) is 0. The Morgan fingerprint density at radius 1 is 1.00 bits per heavy atom. The number of ether oxygens (including phenoxy) is 2. The van der Waals surface area contributed by atoms with Crippen molar-refractivity contribution in [2.24, 2.45) is 5.41 Å². The average Bonchev–Trinajstić information content (AvgIpc) is 3.59. The number of nitriles is 1. The van der Waals surface area contributed by atoms with Crippen LogP contribution < -0.4 is 14.5 Å². The molecule has 1 aromatic heterocycles. The first kappa shape index (κ1) is 39.5. The minimum absolute atomic E-state index is 0.0324. The summed E-state index contributed by atoms with van der Waals surface area (Å²) in [5.41, 5.74) is 3.56. The van der Waals surface area contributed by atoms with Crippen LogP contribution in [0.25, 0.3) is 10.8 Å². The summed E-state index contributed by atoms with van der Waals surface area (Å²) in [6.45, 7) is 23.4. The number of piperazine rings is 1. The van der Waals surface area contributed by atoms with Gasteiger partial charge in [-0.3, -0.25) is 14.5 Å². The maximum atomic E-state index is 12.9. The number of hydrogen-bond acceptors (Lipinski definition) is 10. The molecule has 2 saturated heterocycles. The summed E-state index contributed by atoms with van der Waals surface area (Å²) in [6.07, 6.45) is 5.04. The molecule has 3 aromatic rings. The minimum Gasteiger partial charge on any atom is -0.462 e. The number of likely N-dealkylation sites (tertiary alicyclic amines) is 1. The second-order valence-electron chi connectivity index (χ2n) is 15.9. The molecule has 0 saturated carbocycles. The molecule has 6 rings (SSSR count). The van der Waals surface area contributed by atoms with Gasteiger partial charge in [0, 0.05) is 62.3 Å². The van der Waals surface area contributed by atoms with Gasteiger partial charge in [0.25, 0.3) is 0 Å². The molecule has 2 aromatic carbocycles. The van der Waals surface area contributed by atoms with E-state index in [4.69, 9.17) is 24.7 Å². The van der Waals surface area contributed by atoms with Crippen molar-refractivity contribution in [3.8, 4) is 12.1 Å².